The van der Waals surface area contributed by atoms with Crippen molar-refractivity contribution < 1.29 is 4.74 Å². The van der Waals surface area contributed by atoms with Crippen molar-refractivity contribution in [3.05, 3.63) is 23.8 Å². The Labute approximate surface area is 91.6 Å². The quantitative estimate of drug-likeness (QED) is 0.758. The zero-order chi connectivity index (χ0) is 11.1. The first kappa shape index (κ1) is 10.3. The molecule has 0 unspecified atom stereocenters. The van der Waals surface area contributed by atoms with E-state index in [1.54, 1.807) is 0 Å². The Bertz CT molecular complexity index is 369. The molecule has 0 aromatic heterocycles. The Morgan fingerprint density at radius 1 is 1.33 bits per heavy atom. The number of rotatable bonds is 1. The second-order valence-corrected chi connectivity index (χ2v) is 5.13. The first-order chi connectivity index (χ1) is 6.98. The molecule has 1 heterocycles. The van der Waals surface area contributed by atoms with Crippen LogP contribution in [0.2, 0.25) is 0 Å². The van der Waals surface area contributed by atoms with Crippen molar-refractivity contribution in [3.8, 4) is 5.75 Å². The lowest BCUT2D eigenvalue weighted by atomic mass is 10.0. The summed E-state index contributed by atoms with van der Waals surface area (Å²) in [6.45, 7) is 9.46. The van der Waals surface area contributed by atoms with Crippen molar-refractivity contribution in [2.24, 2.45) is 0 Å². The summed E-state index contributed by atoms with van der Waals surface area (Å²) in [7, 11) is 0. The minimum absolute atomic E-state index is 0.109. The highest BCUT2D eigenvalue weighted by molar-refractivity contribution is 5.60. The van der Waals surface area contributed by atoms with E-state index in [1.165, 1.54) is 5.56 Å². The van der Waals surface area contributed by atoms with Crippen LogP contribution in [0.25, 0.3) is 0 Å². The van der Waals surface area contributed by atoms with Gasteiger partial charge in [-0.3, -0.25) is 0 Å². The van der Waals surface area contributed by atoms with Gasteiger partial charge >= 0.3 is 0 Å². The standard InChI is InChI=1S/C13H19NO/c1-9(2)10-5-6-11-12(7-10)15-13(3,4)8-14-11/h5-7,9,14H,8H2,1-4H3. The topological polar surface area (TPSA) is 21.3 Å². The summed E-state index contributed by atoms with van der Waals surface area (Å²) in [6.07, 6.45) is 0. The van der Waals surface area contributed by atoms with Crippen LogP contribution in [0.4, 0.5) is 5.69 Å². The zero-order valence-electron chi connectivity index (χ0n) is 9.92. The molecule has 0 radical (unpaired) electrons. The second-order valence-electron chi connectivity index (χ2n) is 5.13. The van der Waals surface area contributed by atoms with Gasteiger partial charge in [-0.15, -0.1) is 0 Å². The van der Waals surface area contributed by atoms with E-state index in [4.69, 9.17) is 4.74 Å². The fourth-order valence-electron chi connectivity index (χ4n) is 1.77. The molecule has 1 aromatic carbocycles. The van der Waals surface area contributed by atoms with E-state index in [9.17, 15) is 0 Å². The molecule has 0 saturated carbocycles. The third-order valence-electron chi connectivity index (χ3n) is 2.76. The van der Waals surface area contributed by atoms with Gasteiger partial charge in [0.05, 0.1) is 12.2 Å². The number of anilines is 1. The Morgan fingerprint density at radius 3 is 2.73 bits per heavy atom. The fraction of sp³-hybridized carbons (Fsp3) is 0.538. The smallest absolute Gasteiger partial charge is 0.143 e. The second kappa shape index (κ2) is 3.44. The normalized spacial score (nSPS) is 17.9. The molecular weight excluding hydrogens is 186 g/mol. The molecule has 0 saturated heterocycles. The van der Waals surface area contributed by atoms with Crippen LogP contribution in [0, 0.1) is 0 Å². The minimum Gasteiger partial charge on any atom is -0.484 e. The minimum atomic E-state index is -0.109. The highest BCUT2D eigenvalue weighted by atomic mass is 16.5. The van der Waals surface area contributed by atoms with Gasteiger partial charge in [0.25, 0.3) is 0 Å². The number of nitrogens with one attached hydrogen (secondary N) is 1. The van der Waals surface area contributed by atoms with E-state index < -0.39 is 0 Å². The number of fused-ring (bicyclic) bond motifs is 1. The highest BCUT2D eigenvalue weighted by Gasteiger charge is 2.26. The van der Waals surface area contributed by atoms with Crippen LogP contribution >= 0.6 is 0 Å². The van der Waals surface area contributed by atoms with Gasteiger partial charge < -0.3 is 10.1 Å². The number of ether oxygens (including phenoxy) is 1. The molecule has 0 bridgehead atoms. The summed E-state index contributed by atoms with van der Waals surface area (Å²) >= 11 is 0. The molecule has 1 aliphatic heterocycles. The lowest BCUT2D eigenvalue weighted by Gasteiger charge is -2.33. The van der Waals surface area contributed by atoms with Crippen LogP contribution in [-0.4, -0.2) is 12.1 Å². The molecule has 0 amide bonds. The lowest BCUT2D eigenvalue weighted by molar-refractivity contribution is 0.116. The van der Waals surface area contributed by atoms with E-state index in [0.717, 1.165) is 18.0 Å². The van der Waals surface area contributed by atoms with E-state index in [-0.39, 0.29) is 5.60 Å². The Morgan fingerprint density at radius 2 is 2.07 bits per heavy atom. The van der Waals surface area contributed by atoms with Crippen LogP contribution in [0.15, 0.2) is 18.2 Å². The highest BCUT2D eigenvalue weighted by Crippen LogP contribution is 2.34. The van der Waals surface area contributed by atoms with Crippen LogP contribution < -0.4 is 10.1 Å². The van der Waals surface area contributed by atoms with E-state index in [0.29, 0.717) is 5.92 Å². The summed E-state index contributed by atoms with van der Waals surface area (Å²) < 4.78 is 5.95. The Balaban J connectivity index is 2.35. The molecule has 1 aromatic rings. The predicted molar refractivity (Wildman–Crippen MR) is 63.7 cm³/mol. The third kappa shape index (κ3) is 2.09. The van der Waals surface area contributed by atoms with Gasteiger partial charge in [0.1, 0.15) is 11.4 Å². The molecule has 1 aliphatic rings. The molecule has 82 valence electrons. The van der Waals surface area contributed by atoms with Crippen molar-refractivity contribution in [1.82, 2.24) is 0 Å². The van der Waals surface area contributed by atoms with Gasteiger partial charge in [0.2, 0.25) is 0 Å². The molecule has 15 heavy (non-hydrogen) atoms. The van der Waals surface area contributed by atoms with E-state index in [2.05, 4.69) is 51.2 Å². The molecule has 2 heteroatoms. The maximum atomic E-state index is 5.95. The molecule has 0 spiro atoms. The molecular formula is C13H19NO. The van der Waals surface area contributed by atoms with Crippen LogP contribution in [-0.2, 0) is 0 Å². The molecule has 1 N–H and O–H groups in total. The molecule has 2 nitrogen and oxygen atoms in total. The summed E-state index contributed by atoms with van der Waals surface area (Å²) in [5.74, 6) is 1.53. The Kier molecular flexibility index (Phi) is 2.37. The first-order valence-electron chi connectivity index (χ1n) is 5.55. The van der Waals surface area contributed by atoms with Gasteiger partial charge in [-0.1, -0.05) is 19.9 Å². The maximum absolute atomic E-state index is 5.95. The monoisotopic (exact) mass is 205 g/mol. The van der Waals surface area contributed by atoms with Crippen molar-refractivity contribution in [2.75, 3.05) is 11.9 Å². The van der Waals surface area contributed by atoms with E-state index >= 15 is 0 Å². The van der Waals surface area contributed by atoms with Gasteiger partial charge in [-0.05, 0) is 37.5 Å². The van der Waals surface area contributed by atoms with Crippen LogP contribution in [0.1, 0.15) is 39.2 Å². The first-order valence-corrected chi connectivity index (χ1v) is 5.55. The van der Waals surface area contributed by atoms with E-state index in [1.807, 2.05) is 0 Å². The average molecular weight is 205 g/mol. The Hall–Kier alpha value is -1.18. The van der Waals surface area contributed by atoms with Crippen molar-refractivity contribution in [2.45, 2.75) is 39.2 Å². The number of hydrogen-bond donors (Lipinski definition) is 1. The summed E-state index contributed by atoms with van der Waals surface area (Å²) in [5, 5.41) is 3.39. The van der Waals surface area contributed by atoms with Gasteiger partial charge in [-0.2, -0.15) is 0 Å². The van der Waals surface area contributed by atoms with Gasteiger partial charge in [-0.25, -0.2) is 0 Å². The SMILES string of the molecule is CC(C)c1ccc2c(c1)OC(C)(C)CN2. The van der Waals surface area contributed by atoms with Crippen molar-refractivity contribution >= 4 is 5.69 Å². The summed E-state index contributed by atoms with van der Waals surface area (Å²) in [4.78, 5) is 0. The largest absolute Gasteiger partial charge is 0.484 e. The van der Waals surface area contributed by atoms with Crippen LogP contribution in [0.5, 0.6) is 5.75 Å². The van der Waals surface area contributed by atoms with Crippen molar-refractivity contribution in [1.29, 1.82) is 0 Å². The average Bonchev–Trinajstić information content (AvgIpc) is 2.15. The van der Waals surface area contributed by atoms with Crippen molar-refractivity contribution in [3.63, 3.8) is 0 Å². The molecule has 0 fully saturated rings. The van der Waals surface area contributed by atoms with Gasteiger partial charge in [0.15, 0.2) is 0 Å². The zero-order valence-corrected chi connectivity index (χ0v) is 9.92. The molecule has 0 atom stereocenters. The predicted octanol–water partition coefficient (Wildman–Crippen LogP) is 3.39. The fourth-order valence-corrected chi connectivity index (χ4v) is 1.77. The maximum Gasteiger partial charge on any atom is 0.143 e. The summed E-state index contributed by atoms with van der Waals surface area (Å²) in [6, 6.07) is 6.42. The van der Waals surface area contributed by atoms with Crippen LogP contribution in [0.3, 0.4) is 0 Å². The lowest BCUT2D eigenvalue weighted by Crippen LogP contribution is -2.40. The number of benzene rings is 1. The molecule has 2 rings (SSSR count). The summed E-state index contributed by atoms with van der Waals surface area (Å²) in [5.41, 5.74) is 2.33. The number of hydrogen-bond acceptors (Lipinski definition) is 2. The molecule has 0 aliphatic carbocycles. The third-order valence-corrected chi connectivity index (χ3v) is 2.76. The van der Waals surface area contributed by atoms with Gasteiger partial charge in [0, 0.05) is 0 Å².